The first-order chi connectivity index (χ1) is 9.70. The molecule has 0 aromatic heterocycles. The molecular formula is C13H12F2O5S. The summed E-state index contributed by atoms with van der Waals surface area (Å²) in [6.45, 7) is -1.67. The third-order valence-electron chi connectivity index (χ3n) is 3.68. The van der Waals surface area contributed by atoms with Crippen molar-refractivity contribution in [2.75, 3.05) is 19.1 Å². The van der Waals surface area contributed by atoms with Gasteiger partial charge in [-0.15, -0.1) is 0 Å². The number of rotatable bonds is 3. The second kappa shape index (κ2) is 4.87. The molecule has 0 atom stereocenters. The molecule has 1 aliphatic rings. The fourth-order valence-corrected chi connectivity index (χ4v) is 4.47. The number of halogens is 2. The molecule has 1 aromatic carbocycles. The Labute approximate surface area is 119 Å². The van der Waals surface area contributed by atoms with Gasteiger partial charge >= 0.3 is 5.97 Å². The second-order valence-electron chi connectivity index (χ2n) is 5.05. The predicted molar refractivity (Wildman–Crippen MR) is 68.9 cm³/mol. The molecule has 0 amide bonds. The van der Waals surface area contributed by atoms with Crippen molar-refractivity contribution in [2.45, 2.75) is 11.8 Å². The first kappa shape index (κ1) is 15.6. The summed E-state index contributed by atoms with van der Waals surface area (Å²) in [4.78, 5) is 23.0. The Kier molecular flexibility index (Phi) is 3.61. The fraction of sp³-hybridized carbons (Fsp3) is 0.385. The van der Waals surface area contributed by atoms with E-state index in [1.807, 2.05) is 0 Å². The molecule has 0 aliphatic carbocycles. The third-order valence-corrected chi connectivity index (χ3v) is 5.62. The van der Waals surface area contributed by atoms with E-state index in [-0.39, 0.29) is 16.0 Å². The molecule has 1 heterocycles. The van der Waals surface area contributed by atoms with Gasteiger partial charge in [0.05, 0.1) is 16.2 Å². The van der Waals surface area contributed by atoms with E-state index in [0.717, 1.165) is 12.1 Å². The molecule has 0 fully saturated rings. The van der Waals surface area contributed by atoms with Gasteiger partial charge in [0.2, 0.25) is 0 Å². The highest BCUT2D eigenvalue weighted by Crippen LogP contribution is 2.39. The standard InChI is InChI=1S/C13H12F2O5S/c1-7-8(12(17)18)2-3-9-10(7)11(16)13(4-14,5-15)6-21(9,19)20/h2-3H,4-6H2,1H3,(H,17,18). The van der Waals surface area contributed by atoms with Crippen LogP contribution < -0.4 is 0 Å². The van der Waals surface area contributed by atoms with Crippen molar-refractivity contribution in [3.63, 3.8) is 0 Å². The van der Waals surface area contributed by atoms with Crippen LogP contribution in [-0.4, -0.2) is 44.4 Å². The summed E-state index contributed by atoms with van der Waals surface area (Å²) in [6, 6.07) is 2.07. The monoisotopic (exact) mass is 318 g/mol. The molecule has 0 bridgehead atoms. The van der Waals surface area contributed by atoms with Crippen LogP contribution in [0, 0.1) is 12.3 Å². The quantitative estimate of drug-likeness (QED) is 0.914. The zero-order valence-corrected chi connectivity index (χ0v) is 11.8. The lowest BCUT2D eigenvalue weighted by molar-refractivity contribution is 0.0695. The van der Waals surface area contributed by atoms with Crippen molar-refractivity contribution >= 4 is 21.6 Å². The highest BCUT2D eigenvalue weighted by molar-refractivity contribution is 7.91. The van der Waals surface area contributed by atoms with Crippen LogP contribution >= 0.6 is 0 Å². The van der Waals surface area contributed by atoms with E-state index in [0.29, 0.717) is 0 Å². The third kappa shape index (κ3) is 2.14. The van der Waals surface area contributed by atoms with Crippen molar-refractivity contribution in [1.82, 2.24) is 0 Å². The number of carbonyl (C=O) groups excluding carboxylic acids is 1. The fourth-order valence-electron chi connectivity index (χ4n) is 2.47. The van der Waals surface area contributed by atoms with Crippen LogP contribution in [0.15, 0.2) is 17.0 Å². The molecule has 1 aliphatic heterocycles. The van der Waals surface area contributed by atoms with Crippen LogP contribution in [0.5, 0.6) is 0 Å². The van der Waals surface area contributed by atoms with Gasteiger partial charge in [-0.1, -0.05) is 0 Å². The molecule has 21 heavy (non-hydrogen) atoms. The number of benzene rings is 1. The minimum absolute atomic E-state index is 0.0976. The maximum Gasteiger partial charge on any atom is 0.335 e. The van der Waals surface area contributed by atoms with Gasteiger partial charge in [-0.3, -0.25) is 4.79 Å². The van der Waals surface area contributed by atoms with E-state index in [4.69, 9.17) is 5.11 Å². The average Bonchev–Trinajstić information content (AvgIpc) is 2.42. The van der Waals surface area contributed by atoms with Crippen molar-refractivity contribution in [1.29, 1.82) is 0 Å². The maximum absolute atomic E-state index is 13.2. The number of carboxylic acids is 1. The van der Waals surface area contributed by atoms with Crippen LogP contribution in [0.25, 0.3) is 0 Å². The number of fused-ring (bicyclic) bond motifs is 1. The first-order valence-electron chi connectivity index (χ1n) is 5.96. The zero-order valence-electron chi connectivity index (χ0n) is 11.0. The topological polar surface area (TPSA) is 88.5 Å². The van der Waals surface area contributed by atoms with E-state index in [2.05, 4.69) is 0 Å². The van der Waals surface area contributed by atoms with Gasteiger partial charge in [-0.2, -0.15) is 0 Å². The number of hydrogen-bond acceptors (Lipinski definition) is 4. The van der Waals surface area contributed by atoms with Crippen molar-refractivity contribution in [3.8, 4) is 0 Å². The molecule has 1 aromatic rings. The zero-order chi connectivity index (χ0) is 16.0. The lowest BCUT2D eigenvalue weighted by Gasteiger charge is -2.32. The first-order valence-corrected chi connectivity index (χ1v) is 7.62. The minimum Gasteiger partial charge on any atom is -0.478 e. The molecule has 8 heteroatoms. The minimum atomic E-state index is -4.07. The van der Waals surface area contributed by atoms with Gasteiger partial charge in [-0.05, 0) is 24.6 Å². The summed E-state index contributed by atoms with van der Waals surface area (Å²) in [5.41, 5.74) is -3.07. The summed E-state index contributed by atoms with van der Waals surface area (Å²) < 4.78 is 50.6. The Morgan fingerprint density at radius 1 is 1.33 bits per heavy atom. The molecule has 0 saturated heterocycles. The Hall–Kier alpha value is -1.83. The van der Waals surface area contributed by atoms with E-state index in [1.165, 1.54) is 6.92 Å². The lowest BCUT2D eigenvalue weighted by Crippen LogP contribution is -2.47. The number of sulfone groups is 1. The van der Waals surface area contributed by atoms with Gasteiger partial charge in [0.1, 0.15) is 18.8 Å². The van der Waals surface area contributed by atoms with Gasteiger partial charge < -0.3 is 5.11 Å². The molecule has 0 saturated carbocycles. The van der Waals surface area contributed by atoms with Crippen LogP contribution in [0.2, 0.25) is 0 Å². The Morgan fingerprint density at radius 2 is 1.90 bits per heavy atom. The molecule has 5 nitrogen and oxygen atoms in total. The number of Topliss-reactive ketones (excluding diaryl/α,β-unsaturated/α-hetero) is 1. The molecule has 114 valence electrons. The van der Waals surface area contributed by atoms with Crippen LogP contribution in [0.4, 0.5) is 8.78 Å². The highest BCUT2D eigenvalue weighted by atomic mass is 32.2. The largest absolute Gasteiger partial charge is 0.478 e. The van der Waals surface area contributed by atoms with E-state index in [9.17, 15) is 26.8 Å². The van der Waals surface area contributed by atoms with Crippen LogP contribution in [0.3, 0.4) is 0 Å². The van der Waals surface area contributed by atoms with Gasteiger partial charge in [0.15, 0.2) is 15.6 Å². The van der Waals surface area contributed by atoms with Crippen LogP contribution in [-0.2, 0) is 9.84 Å². The lowest BCUT2D eigenvalue weighted by atomic mass is 9.81. The van der Waals surface area contributed by atoms with E-state index in [1.54, 1.807) is 0 Å². The predicted octanol–water partition coefficient (Wildman–Crippen LogP) is 1.59. The summed E-state index contributed by atoms with van der Waals surface area (Å²) in [5.74, 6) is -3.31. The number of aromatic carboxylic acids is 1. The van der Waals surface area contributed by atoms with Crippen LogP contribution in [0.1, 0.15) is 26.3 Å². The average molecular weight is 318 g/mol. The summed E-state index contributed by atoms with van der Waals surface area (Å²) in [6.07, 6.45) is 0. The number of alkyl halides is 2. The van der Waals surface area contributed by atoms with Gasteiger partial charge in [0, 0.05) is 5.56 Å². The second-order valence-corrected chi connectivity index (χ2v) is 7.01. The SMILES string of the molecule is Cc1c(C(=O)O)ccc2c1C(=O)C(CF)(CF)CS2(=O)=O. The molecule has 2 rings (SSSR count). The molecular weight excluding hydrogens is 306 g/mol. The van der Waals surface area contributed by atoms with Gasteiger partial charge in [0.25, 0.3) is 0 Å². The summed E-state index contributed by atoms with van der Waals surface area (Å²) >= 11 is 0. The number of hydrogen-bond donors (Lipinski definition) is 1. The van der Waals surface area contributed by atoms with Crippen molar-refractivity contribution in [2.24, 2.45) is 5.41 Å². The molecule has 0 radical (unpaired) electrons. The Bertz CT molecular complexity index is 735. The number of ketones is 1. The molecule has 0 unspecified atom stereocenters. The highest BCUT2D eigenvalue weighted by Gasteiger charge is 2.50. The van der Waals surface area contributed by atoms with Crippen molar-refractivity contribution in [3.05, 3.63) is 28.8 Å². The Morgan fingerprint density at radius 3 is 2.38 bits per heavy atom. The molecule has 0 spiro atoms. The molecule has 1 N–H and O–H groups in total. The normalized spacial score (nSPS) is 19.1. The van der Waals surface area contributed by atoms with E-state index >= 15 is 0 Å². The summed E-state index contributed by atoms with van der Waals surface area (Å²) in [7, 11) is -4.07. The number of carboxylic acid groups (broad SMARTS) is 1. The summed E-state index contributed by atoms with van der Waals surface area (Å²) in [5, 5.41) is 9.02. The van der Waals surface area contributed by atoms with E-state index < -0.39 is 51.7 Å². The smallest absolute Gasteiger partial charge is 0.335 e. The van der Waals surface area contributed by atoms with Crippen molar-refractivity contribution < 1.29 is 31.9 Å². The van der Waals surface area contributed by atoms with Gasteiger partial charge in [-0.25, -0.2) is 22.0 Å². The number of carbonyl (C=O) groups is 2. The Balaban J connectivity index is 2.85. The maximum atomic E-state index is 13.2.